The van der Waals surface area contributed by atoms with Gasteiger partial charge in [-0.3, -0.25) is 0 Å². The number of rotatable bonds is 6. The van der Waals surface area contributed by atoms with Gasteiger partial charge in [0.25, 0.3) is 0 Å². The van der Waals surface area contributed by atoms with Gasteiger partial charge in [-0.15, -0.1) is 0 Å². The molecule has 1 unspecified atom stereocenters. The highest BCUT2D eigenvalue weighted by Crippen LogP contribution is 2.31. The average molecular weight is 353 g/mol. The molecule has 0 bridgehead atoms. The van der Waals surface area contributed by atoms with Crippen LogP contribution in [0.5, 0.6) is 6.01 Å². The third-order valence-electron chi connectivity index (χ3n) is 4.63. The Labute approximate surface area is 152 Å². The first kappa shape index (κ1) is 16.8. The number of imidazole rings is 1. The summed E-state index contributed by atoms with van der Waals surface area (Å²) in [5.74, 6) is 1.22. The molecule has 1 fully saturated rings. The second kappa shape index (κ2) is 7.29. The van der Waals surface area contributed by atoms with Crippen LogP contribution >= 0.6 is 0 Å². The zero-order chi connectivity index (χ0) is 17.9. The maximum Gasteiger partial charge on any atom is 0.320 e. The summed E-state index contributed by atoms with van der Waals surface area (Å²) in [5, 5.41) is 0. The Bertz CT molecular complexity index is 888. The van der Waals surface area contributed by atoms with Gasteiger partial charge in [-0.25, -0.2) is 4.98 Å². The van der Waals surface area contributed by atoms with Crippen molar-refractivity contribution in [2.24, 2.45) is 0 Å². The Morgan fingerprint density at radius 3 is 2.81 bits per heavy atom. The van der Waals surface area contributed by atoms with Gasteiger partial charge in [0.2, 0.25) is 0 Å². The van der Waals surface area contributed by atoms with Crippen molar-refractivity contribution in [2.45, 2.75) is 38.8 Å². The van der Waals surface area contributed by atoms with Crippen molar-refractivity contribution in [3.05, 3.63) is 41.7 Å². The number of fused-ring (bicyclic) bond motifs is 1. The number of nitrogens with two attached hydrogens (primary N) is 1. The van der Waals surface area contributed by atoms with Gasteiger partial charge in [0, 0.05) is 19.6 Å². The van der Waals surface area contributed by atoms with Crippen molar-refractivity contribution in [2.75, 3.05) is 18.9 Å². The molecule has 2 N–H and O–H groups in total. The lowest BCUT2D eigenvalue weighted by molar-refractivity contribution is 0.102. The predicted octanol–water partition coefficient (Wildman–Crippen LogP) is 2.90. The zero-order valence-corrected chi connectivity index (χ0v) is 14.9. The minimum absolute atomic E-state index is 0.00555. The molecule has 1 aliphatic rings. The molecule has 0 spiro atoms. The van der Waals surface area contributed by atoms with Gasteiger partial charge in [-0.2, -0.15) is 9.97 Å². The first-order valence-electron chi connectivity index (χ1n) is 9.08. The number of aromatic nitrogens is 4. The van der Waals surface area contributed by atoms with E-state index in [1.807, 2.05) is 22.8 Å². The lowest BCUT2D eigenvalue weighted by Gasteiger charge is -2.11. The van der Waals surface area contributed by atoms with E-state index in [0.29, 0.717) is 29.6 Å². The van der Waals surface area contributed by atoms with E-state index in [0.717, 1.165) is 38.2 Å². The molecule has 0 aliphatic carbocycles. The molecule has 0 saturated carbocycles. The third-order valence-corrected chi connectivity index (χ3v) is 4.63. The molecule has 0 radical (unpaired) electrons. The molecule has 26 heavy (non-hydrogen) atoms. The summed E-state index contributed by atoms with van der Waals surface area (Å²) in [7, 11) is 0. The van der Waals surface area contributed by atoms with Gasteiger partial charge < -0.3 is 19.8 Å². The highest BCUT2D eigenvalue weighted by Gasteiger charge is 2.26. The van der Waals surface area contributed by atoms with Crippen LogP contribution in [0.15, 0.2) is 30.3 Å². The maximum atomic E-state index is 6.13. The van der Waals surface area contributed by atoms with Crippen LogP contribution in [0.3, 0.4) is 0 Å². The molecule has 3 aromatic rings. The van der Waals surface area contributed by atoms with Gasteiger partial charge in [-0.05, 0) is 25.3 Å². The third kappa shape index (κ3) is 3.22. The molecule has 1 atom stereocenters. The van der Waals surface area contributed by atoms with Crippen LogP contribution in [-0.2, 0) is 17.7 Å². The number of ether oxygens (including phenoxy) is 2. The first-order chi connectivity index (χ1) is 12.8. The van der Waals surface area contributed by atoms with E-state index >= 15 is 0 Å². The number of anilines is 1. The number of nitrogens with zero attached hydrogens (tertiary/aromatic N) is 4. The molecule has 3 heterocycles. The second-order valence-corrected chi connectivity index (χ2v) is 6.36. The fourth-order valence-electron chi connectivity index (χ4n) is 3.33. The summed E-state index contributed by atoms with van der Waals surface area (Å²) in [6, 6.07) is 10.5. The van der Waals surface area contributed by atoms with Gasteiger partial charge in [0.1, 0.15) is 11.9 Å². The van der Waals surface area contributed by atoms with Gasteiger partial charge in [0.05, 0.1) is 6.61 Å². The molecule has 1 saturated heterocycles. The summed E-state index contributed by atoms with van der Waals surface area (Å²) in [4.78, 5) is 13.5. The van der Waals surface area contributed by atoms with Crippen LogP contribution in [0.4, 0.5) is 5.82 Å². The van der Waals surface area contributed by atoms with E-state index in [1.165, 1.54) is 5.56 Å². The van der Waals surface area contributed by atoms with Crippen LogP contribution in [0.1, 0.15) is 37.3 Å². The molecule has 1 aromatic carbocycles. The largest absolute Gasteiger partial charge is 0.463 e. The molecular formula is C19H23N5O2. The van der Waals surface area contributed by atoms with Crippen molar-refractivity contribution in [1.29, 1.82) is 0 Å². The topological polar surface area (TPSA) is 88.1 Å². The van der Waals surface area contributed by atoms with Crippen LogP contribution in [0.2, 0.25) is 0 Å². The lowest BCUT2D eigenvalue weighted by atomic mass is 10.2. The monoisotopic (exact) mass is 353 g/mol. The van der Waals surface area contributed by atoms with Crippen molar-refractivity contribution in [1.82, 2.24) is 19.5 Å². The summed E-state index contributed by atoms with van der Waals surface area (Å²) in [6.45, 7) is 4.07. The highest BCUT2D eigenvalue weighted by atomic mass is 16.5. The number of hydrogen-bond donors (Lipinski definition) is 1. The summed E-state index contributed by atoms with van der Waals surface area (Å²) < 4.78 is 13.6. The van der Waals surface area contributed by atoms with Crippen molar-refractivity contribution in [3.63, 3.8) is 0 Å². The smallest absolute Gasteiger partial charge is 0.320 e. The van der Waals surface area contributed by atoms with E-state index in [-0.39, 0.29) is 6.10 Å². The Morgan fingerprint density at radius 1 is 1.23 bits per heavy atom. The Morgan fingerprint density at radius 2 is 2.08 bits per heavy atom. The highest BCUT2D eigenvalue weighted by molar-refractivity contribution is 5.82. The number of benzene rings is 1. The van der Waals surface area contributed by atoms with E-state index in [9.17, 15) is 0 Å². The number of hydrogen-bond acceptors (Lipinski definition) is 6. The quantitative estimate of drug-likeness (QED) is 0.733. The van der Waals surface area contributed by atoms with Gasteiger partial charge in [-0.1, -0.05) is 30.3 Å². The van der Waals surface area contributed by atoms with Crippen molar-refractivity contribution < 1.29 is 9.47 Å². The number of aryl methyl sites for hydroxylation is 1. The molecule has 7 nitrogen and oxygen atoms in total. The molecule has 2 aromatic heterocycles. The predicted molar refractivity (Wildman–Crippen MR) is 99.0 cm³/mol. The molecule has 0 amide bonds. The average Bonchev–Trinajstić information content (AvgIpc) is 3.30. The van der Waals surface area contributed by atoms with E-state index in [4.69, 9.17) is 15.2 Å². The van der Waals surface area contributed by atoms with Gasteiger partial charge >= 0.3 is 6.01 Å². The second-order valence-electron chi connectivity index (χ2n) is 6.36. The van der Waals surface area contributed by atoms with Crippen LogP contribution < -0.4 is 10.5 Å². The van der Waals surface area contributed by atoms with Crippen LogP contribution in [0, 0.1) is 0 Å². The Hall–Kier alpha value is -2.67. The summed E-state index contributed by atoms with van der Waals surface area (Å²) in [6.07, 6.45) is 2.81. The zero-order valence-electron chi connectivity index (χ0n) is 14.9. The van der Waals surface area contributed by atoms with Gasteiger partial charge in [0.15, 0.2) is 17.0 Å². The number of nitrogen functional groups attached to an aromatic ring is 1. The molecule has 4 rings (SSSR count). The van der Waals surface area contributed by atoms with Crippen LogP contribution in [0.25, 0.3) is 11.2 Å². The lowest BCUT2D eigenvalue weighted by Crippen LogP contribution is -2.09. The van der Waals surface area contributed by atoms with Crippen LogP contribution in [-0.4, -0.2) is 32.7 Å². The SMILES string of the molecule is CCn1c(C2CCCO2)nc2c(N)nc(OCCc3ccccc3)nc21. The maximum absolute atomic E-state index is 6.13. The minimum Gasteiger partial charge on any atom is -0.463 e. The Kier molecular flexibility index (Phi) is 4.71. The van der Waals surface area contributed by atoms with E-state index in [1.54, 1.807) is 0 Å². The standard InChI is InChI=1S/C19H23N5O2/c1-2-24-17(14-9-6-11-25-14)21-15-16(20)22-19(23-18(15)24)26-12-10-13-7-4-3-5-8-13/h3-5,7-8,14H,2,6,9-12H2,1H3,(H2,20,22,23). The molecule has 7 heteroatoms. The Balaban J connectivity index is 1.58. The molecule has 136 valence electrons. The summed E-state index contributed by atoms with van der Waals surface area (Å²) >= 11 is 0. The minimum atomic E-state index is 0.00555. The fourth-order valence-corrected chi connectivity index (χ4v) is 3.33. The van der Waals surface area contributed by atoms with E-state index < -0.39 is 0 Å². The van der Waals surface area contributed by atoms with Crippen molar-refractivity contribution in [3.8, 4) is 6.01 Å². The summed E-state index contributed by atoms with van der Waals surface area (Å²) in [5.41, 5.74) is 8.66. The normalized spacial score (nSPS) is 17.0. The first-order valence-corrected chi connectivity index (χ1v) is 9.08. The fraction of sp³-hybridized carbons (Fsp3) is 0.421. The van der Waals surface area contributed by atoms with Crippen molar-refractivity contribution >= 4 is 17.0 Å². The van der Waals surface area contributed by atoms with E-state index in [2.05, 4.69) is 34.0 Å². The molecule has 1 aliphatic heterocycles. The molecular weight excluding hydrogens is 330 g/mol.